The second-order valence-electron chi connectivity index (χ2n) is 2.35. The molecular formula is C9H7N3. The highest BCUT2D eigenvalue weighted by atomic mass is 14.4. The molecule has 0 aliphatic carbocycles. The zero-order valence-electron chi connectivity index (χ0n) is 6.65. The van der Waals surface area contributed by atoms with E-state index in [2.05, 4.69) is 5.92 Å². The maximum Gasteiger partial charge on any atom is 0.124 e. The van der Waals surface area contributed by atoms with E-state index in [4.69, 9.17) is 22.2 Å². The third-order valence-electron chi connectivity index (χ3n) is 1.57. The molecule has 0 bridgehead atoms. The van der Waals surface area contributed by atoms with E-state index in [1.165, 1.54) is 0 Å². The molecular weight excluding hydrogens is 150 g/mol. The average Bonchev–Trinajstić information content (AvgIpc) is 2.12. The normalized spacial score (nSPS) is 15.4. The van der Waals surface area contributed by atoms with Crippen LogP contribution in [0.1, 0.15) is 6.92 Å². The third kappa shape index (κ3) is 2.02. The maximum absolute atomic E-state index is 8.61. The van der Waals surface area contributed by atoms with Crippen LogP contribution in [0.15, 0.2) is 0 Å². The summed E-state index contributed by atoms with van der Waals surface area (Å²) in [6.45, 7) is 1.58. The molecule has 0 aliphatic rings. The summed E-state index contributed by atoms with van der Waals surface area (Å²) < 4.78 is 0. The van der Waals surface area contributed by atoms with Gasteiger partial charge < -0.3 is 0 Å². The van der Waals surface area contributed by atoms with Crippen molar-refractivity contribution >= 4 is 0 Å². The Labute approximate surface area is 71.8 Å². The van der Waals surface area contributed by atoms with Gasteiger partial charge in [0.1, 0.15) is 5.92 Å². The molecule has 3 nitrogen and oxygen atoms in total. The van der Waals surface area contributed by atoms with Gasteiger partial charge in [0.2, 0.25) is 0 Å². The molecule has 3 heteroatoms. The SMILES string of the molecule is C#CC(C#N)C(C#N)C(C)C#N. The number of hydrogen-bond donors (Lipinski definition) is 0. The summed E-state index contributed by atoms with van der Waals surface area (Å²) in [4.78, 5) is 0. The molecule has 0 amide bonds. The fraction of sp³-hybridized carbons (Fsp3) is 0.444. The average molecular weight is 157 g/mol. The van der Waals surface area contributed by atoms with Crippen LogP contribution < -0.4 is 0 Å². The van der Waals surface area contributed by atoms with Crippen LogP contribution >= 0.6 is 0 Å². The van der Waals surface area contributed by atoms with Crippen LogP contribution in [0.3, 0.4) is 0 Å². The molecule has 0 rings (SSSR count). The van der Waals surface area contributed by atoms with Crippen LogP contribution in [0.4, 0.5) is 0 Å². The van der Waals surface area contributed by atoms with E-state index < -0.39 is 17.8 Å². The highest BCUT2D eigenvalue weighted by Gasteiger charge is 2.24. The Morgan fingerprint density at radius 2 is 1.67 bits per heavy atom. The van der Waals surface area contributed by atoms with E-state index in [1.54, 1.807) is 6.92 Å². The summed E-state index contributed by atoms with van der Waals surface area (Å²) in [6.07, 6.45) is 5.02. The van der Waals surface area contributed by atoms with Crippen molar-refractivity contribution < 1.29 is 0 Å². The minimum atomic E-state index is -0.787. The monoisotopic (exact) mass is 157 g/mol. The molecule has 0 aromatic heterocycles. The van der Waals surface area contributed by atoms with E-state index in [-0.39, 0.29) is 0 Å². The van der Waals surface area contributed by atoms with Crippen molar-refractivity contribution in [2.45, 2.75) is 6.92 Å². The lowest BCUT2D eigenvalue weighted by Gasteiger charge is -2.10. The Balaban J connectivity index is 4.64. The number of terminal acetylenes is 1. The second-order valence-corrected chi connectivity index (χ2v) is 2.35. The Morgan fingerprint density at radius 1 is 1.08 bits per heavy atom. The van der Waals surface area contributed by atoms with Crippen LogP contribution in [0.25, 0.3) is 0 Å². The van der Waals surface area contributed by atoms with Crippen LogP contribution in [0.5, 0.6) is 0 Å². The first-order chi connectivity index (χ1) is 5.71. The van der Waals surface area contributed by atoms with Crippen molar-refractivity contribution in [3.8, 4) is 30.6 Å². The van der Waals surface area contributed by atoms with Gasteiger partial charge in [0.15, 0.2) is 0 Å². The molecule has 3 unspecified atom stereocenters. The molecule has 58 valence electrons. The lowest BCUT2D eigenvalue weighted by atomic mass is 9.86. The quantitative estimate of drug-likeness (QED) is 0.562. The number of nitrogens with zero attached hydrogens (tertiary/aromatic N) is 3. The Morgan fingerprint density at radius 3 is 1.92 bits per heavy atom. The van der Waals surface area contributed by atoms with Crippen LogP contribution in [-0.4, -0.2) is 0 Å². The van der Waals surface area contributed by atoms with Gasteiger partial charge >= 0.3 is 0 Å². The zero-order valence-corrected chi connectivity index (χ0v) is 6.65. The van der Waals surface area contributed by atoms with Gasteiger partial charge in [0.25, 0.3) is 0 Å². The molecule has 0 aromatic rings. The van der Waals surface area contributed by atoms with Gasteiger partial charge in [0, 0.05) is 0 Å². The lowest BCUT2D eigenvalue weighted by Crippen LogP contribution is -2.16. The first-order valence-corrected chi connectivity index (χ1v) is 3.36. The van der Waals surface area contributed by atoms with Gasteiger partial charge in [0.05, 0.1) is 30.0 Å². The molecule has 0 saturated heterocycles. The molecule has 12 heavy (non-hydrogen) atoms. The Kier molecular flexibility index (Phi) is 4.00. The fourth-order valence-corrected chi connectivity index (χ4v) is 0.777. The topological polar surface area (TPSA) is 71.4 Å². The summed E-state index contributed by atoms with van der Waals surface area (Å²) in [5.41, 5.74) is 0. The van der Waals surface area contributed by atoms with Crippen molar-refractivity contribution in [2.24, 2.45) is 17.8 Å². The largest absolute Gasteiger partial charge is 0.198 e. The van der Waals surface area contributed by atoms with Crippen molar-refractivity contribution in [3.05, 3.63) is 0 Å². The number of rotatable bonds is 2. The first-order valence-electron chi connectivity index (χ1n) is 3.36. The molecule has 0 fully saturated rings. The Hall–Kier alpha value is -1.97. The van der Waals surface area contributed by atoms with Gasteiger partial charge in [-0.1, -0.05) is 5.92 Å². The third-order valence-corrected chi connectivity index (χ3v) is 1.57. The van der Waals surface area contributed by atoms with E-state index in [9.17, 15) is 0 Å². The summed E-state index contributed by atoms with van der Waals surface area (Å²) >= 11 is 0. The van der Waals surface area contributed by atoms with E-state index in [0.717, 1.165) is 0 Å². The Bertz CT molecular complexity index is 291. The summed E-state index contributed by atoms with van der Waals surface area (Å²) in [5, 5.41) is 25.6. The van der Waals surface area contributed by atoms with Crippen molar-refractivity contribution in [3.63, 3.8) is 0 Å². The van der Waals surface area contributed by atoms with Crippen LogP contribution in [0.2, 0.25) is 0 Å². The zero-order chi connectivity index (χ0) is 9.56. The van der Waals surface area contributed by atoms with Gasteiger partial charge in [-0.3, -0.25) is 0 Å². The molecule has 0 radical (unpaired) electrons. The van der Waals surface area contributed by atoms with E-state index >= 15 is 0 Å². The van der Waals surface area contributed by atoms with Gasteiger partial charge in [-0.2, -0.15) is 15.8 Å². The molecule has 0 aromatic carbocycles. The summed E-state index contributed by atoms with van der Waals surface area (Å²) in [7, 11) is 0. The predicted octanol–water partition coefficient (Wildman–Crippen LogP) is 1.06. The summed E-state index contributed by atoms with van der Waals surface area (Å²) in [5.74, 6) is 0.202. The van der Waals surface area contributed by atoms with Gasteiger partial charge in [-0.05, 0) is 6.92 Å². The standard InChI is InChI=1S/C9H7N3/c1-3-8(5-11)9(6-12)7(2)4-10/h1,7-9H,2H3. The molecule has 0 N–H and O–H groups in total. The minimum absolute atomic E-state index is 0.504. The minimum Gasteiger partial charge on any atom is -0.198 e. The lowest BCUT2D eigenvalue weighted by molar-refractivity contribution is 0.484. The molecule has 0 saturated carbocycles. The fourth-order valence-electron chi connectivity index (χ4n) is 0.777. The van der Waals surface area contributed by atoms with Crippen molar-refractivity contribution in [2.75, 3.05) is 0 Å². The van der Waals surface area contributed by atoms with E-state index in [1.807, 2.05) is 18.2 Å². The van der Waals surface area contributed by atoms with Gasteiger partial charge in [-0.15, -0.1) is 6.42 Å². The first kappa shape index (κ1) is 10.0. The molecule has 3 atom stereocenters. The van der Waals surface area contributed by atoms with Crippen LogP contribution in [-0.2, 0) is 0 Å². The van der Waals surface area contributed by atoms with Crippen molar-refractivity contribution in [1.82, 2.24) is 0 Å². The maximum atomic E-state index is 8.61. The van der Waals surface area contributed by atoms with Crippen LogP contribution in [0, 0.1) is 64.1 Å². The highest BCUT2D eigenvalue weighted by Crippen LogP contribution is 2.18. The van der Waals surface area contributed by atoms with E-state index in [0.29, 0.717) is 0 Å². The number of hydrogen-bond acceptors (Lipinski definition) is 3. The summed E-state index contributed by atoms with van der Waals surface area (Å²) in [6, 6.07) is 5.57. The second kappa shape index (κ2) is 4.79. The smallest absolute Gasteiger partial charge is 0.124 e. The predicted molar refractivity (Wildman–Crippen MR) is 41.8 cm³/mol. The number of nitriles is 3. The van der Waals surface area contributed by atoms with Crippen molar-refractivity contribution in [1.29, 1.82) is 15.8 Å². The molecule has 0 spiro atoms. The van der Waals surface area contributed by atoms with Gasteiger partial charge in [-0.25, -0.2) is 0 Å². The highest BCUT2D eigenvalue weighted by molar-refractivity contribution is 5.15. The molecule has 0 aliphatic heterocycles. The molecule has 0 heterocycles.